The van der Waals surface area contributed by atoms with Gasteiger partial charge in [-0.15, -0.1) is 0 Å². The molecular formula is C11H9ClFN3O3S. The largest absolute Gasteiger partial charge is 0.356 e. The Morgan fingerprint density at radius 3 is 2.60 bits per heavy atom. The van der Waals surface area contributed by atoms with E-state index in [4.69, 9.17) is 16.7 Å². The number of carbonyl (C=O) groups is 1. The van der Waals surface area contributed by atoms with Gasteiger partial charge in [-0.25, -0.2) is 17.9 Å². The lowest BCUT2D eigenvalue weighted by atomic mass is 10.3. The molecule has 106 valence electrons. The van der Waals surface area contributed by atoms with Crippen LogP contribution < -0.4 is 10.5 Å². The molecule has 6 nitrogen and oxygen atoms in total. The van der Waals surface area contributed by atoms with Gasteiger partial charge in [0.2, 0.25) is 10.0 Å². The Bertz CT molecular complexity index is 773. The van der Waals surface area contributed by atoms with E-state index in [0.717, 1.165) is 18.2 Å². The third kappa shape index (κ3) is 3.16. The zero-order valence-electron chi connectivity index (χ0n) is 9.85. The van der Waals surface area contributed by atoms with Crippen LogP contribution in [0.4, 0.5) is 10.1 Å². The molecule has 1 amide bonds. The number of sulfonamides is 1. The molecule has 0 saturated heterocycles. The van der Waals surface area contributed by atoms with Gasteiger partial charge < -0.3 is 10.3 Å². The molecule has 0 saturated carbocycles. The van der Waals surface area contributed by atoms with Gasteiger partial charge in [-0.2, -0.15) is 0 Å². The van der Waals surface area contributed by atoms with Gasteiger partial charge >= 0.3 is 0 Å². The van der Waals surface area contributed by atoms with E-state index in [9.17, 15) is 17.6 Å². The molecule has 2 aromatic rings. The zero-order chi connectivity index (χ0) is 14.9. The fourth-order valence-corrected chi connectivity index (χ4v) is 2.37. The topological polar surface area (TPSA) is 105 Å². The lowest BCUT2D eigenvalue weighted by Crippen LogP contribution is -2.18. The number of anilines is 1. The molecule has 20 heavy (non-hydrogen) atoms. The standard InChI is InChI=1S/C11H9ClFN3O3S/c12-6-3-9(15-5-6)11(17)16-8-4-7(13)1-2-10(8)20(14,18)19/h1-5,15H,(H,16,17)(H2,14,18,19). The van der Waals surface area contributed by atoms with Crippen LogP contribution in [0, 0.1) is 5.82 Å². The smallest absolute Gasteiger partial charge is 0.272 e. The highest BCUT2D eigenvalue weighted by atomic mass is 35.5. The summed E-state index contributed by atoms with van der Waals surface area (Å²) in [5.41, 5.74) is -0.150. The molecule has 0 spiro atoms. The van der Waals surface area contributed by atoms with Crippen molar-refractivity contribution in [2.45, 2.75) is 4.90 Å². The number of halogens is 2. The summed E-state index contributed by atoms with van der Waals surface area (Å²) < 4.78 is 35.9. The minimum atomic E-state index is -4.09. The van der Waals surface area contributed by atoms with Gasteiger partial charge in [0, 0.05) is 6.20 Å². The van der Waals surface area contributed by atoms with Crippen molar-refractivity contribution in [2.75, 3.05) is 5.32 Å². The van der Waals surface area contributed by atoms with Crippen LogP contribution in [0.25, 0.3) is 0 Å². The Kier molecular flexibility index (Phi) is 3.80. The predicted octanol–water partition coefficient (Wildman–Crippen LogP) is 1.71. The molecule has 1 aromatic heterocycles. The Morgan fingerprint density at radius 2 is 2.05 bits per heavy atom. The number of hydrogen-bond donors (Lipinski definition) is 3. The summed E-state index contributed by atoms with van der Waals surface area (Å²) in [6.07, 6.45) is 1.38. The first kappa shape index (κ1) is 14.5. The second-order valence-electron chi connectivity index (χ2n) is 3.87. The van der Waals surface area contributed by atoms with E-state index in [-0.39, 0.29) is 16.3 Å². The number of primary sulfonamides is 1. The minimum absolute atomic E-state index is 0.0969. The van der Waals surface area contributed by atoms with Crippen LogP contribution in [-0.4, -0.2) is 19.3 Å². The highest BCUT2D eigenvalue weighted by Crippen LogP contribution is 2.22. The Labute approximate surface area is 118 Å². The molecular weight excluding hydrogens is 309 g/mol. The van der Waals surface area contributed by atoms with Gasteiger partial charge in [0.05, 0.1) is 10.7 Å². The number of benzene rings is 1. The van der Waals surface area contributed by atoms with Crippen molar-refractivity contribution in [1.29, 1.82) is 0 Å². The van der Waals surface area contributed by atoms with Gasteiger partial charge in [0.15, 0.2) is 0 Å². The maximum absolute atomic E-state index is 13.2. The fourth-order valence-electron chi connectivity index (χ4n) is 1.54. The molecule has 0 bridgehead atoms. The zero-order valence-corrected chi connectivity index (χ0v) is 11.4. The summed E-state index contributed by atoms with van der Waals surface area (Å²) in [7, 11) is -4.09. The monoisotopic (exact) mass is 317 g/mol. The Balaban J connectivity index is 2.38. The number of nitrogens with one attached hydrogen (secondary N) is 2. The van der Waals surface area contributed by atoms with Crippen molar-refractivity contribution in [3.8, 4) is 0 Å². The highest BCUT2D eigenvalue weighted by molar-refractivity contribution is 7.89. The molecule has 2 rings (SSSR count). The normalized spacial score (nSPS) is 11.3. The van der Waals surface area contributed by atoms with Crippen LogP contribution in [0.5, 0.6) is 0 Å². The van der Waals surface area contributed by atoms with Gasteiger partial charge in [0.25, 0.3) is 5.91 Å². The number of H-pyrrole nitrogens is 1. The molecule has 1 heterocycles. The summed E-state index contributed by atoms with van der Waals surface area (Å²) in [5.74, 6) is -1.38. The van der Waals surface area contributed by atoms with E-state index in [1.54, 1.807) is 0 Å². The second kappa shape index (κ2) is 5.23. The maximum atomic E-state index is 13.2. The number of rotatable bonds is 3. The molecule has 9 heteroatoms. The minimum Gasteiger partial charge on any atom is -0.356 e. The first-order chi connectivity index (χ1) is 9.27. The molecule has 0 unspecified atom stereocenters. The van der Waals surface area contributed by atoms with E-state index in [0.29, 0.717) is 5.02 Å². The third-order valence-electron chi connectivity index (χ3n) is 2.39. The molecule has 0 aliphatic rings. The van der Waals surface area contributed by atoms with Crippen LogP contribution in [0.2, 0.25) is 5.02 Å². The van der Waals surface area contributed by atoms with E-state index in [1.807, 2.05) is 0 Å². The molecule has 4 N–H and O–H groups in total. The number of amides is 1. The van der Waals surface area contributed by atoms with Crippen molar-refractivity contribution >= 4 is 33.2 Å². The number of carbonyl (C=O) groups excluding carboxylic acids is 1. The molecule has 0 fully saturated rings. The first-order valence-corrected chi connectivity index (χ1v) is 7.17. The van der Waals surface area contributed by atoms with Crippen molar-refractivity contribution in [3.63, 3.8) is 0 Å². The summed E-state index contributed by atoms with van der Waals surface area (Å²) >= 11 is 5.65. The molecule has 0 radical (unpaired) electrons. The van der Waals surface area contributed by atoms with E-state index in [2.05, 4.69) is 10.3 Å². The van der Waals surface area contributed by atoms with E-state index >= 15 is 0 Å². The summed E-state index contributed by atoms with van der Waals surface area (Å²) in [4.78, 5) is 14.1. The fraction of sp³-hybridized carbons (Fsp3) is 0. The number of aromatic amines is 1. The van der Waals surface area contributed by atoms with Crippen molar-refractivity contribution in [3.05, 3.63) is 47.0 Å². The number of aromatic nitrogens is 1. The van der Waals surface area contributed by atoms with Crippen LogP contribution in [-0.2, 0) is 10.0 Å². The van der Waals surface area contributed by atoms with Crippen LogP contribution in [0.1, 0.15) is 10.5 Å². The van der Waals surface area contributed by atoms with Crippen LogP contribution in [0.15, 0.2) is 35.4 Å². The van der Waals surface area contributed by atoms with Crippen LogP contribution in [0.3, 0.4) is 0 Å². The average molecular weight is 318 g/mol. The lowest BCUT2D eigenvalue weighted by molar-refractivity contribution is 0.102. The summed E-state index contributed by atoms with van der Waals surface area (Å²) in [5, 5.41) is 7.56. The van der Waals surface area contributed by atoms with Crippen molar-refractivity contribution in [2.24, 2.45) is 5.14 Å². The molecule has 0 atom stereocenters. The maximum Gasteiger partial charge on any atom is 0.272 e. The van der Waals surface area contributed by atoms with E-state index in [1.165, 1.54) is 12.3 Å². The number of nitrogens with two attached hydrogens (primary N) is 1. The predicted molar refractivity (Wildman–Crippen MR) is 71.5 cm³/mol. The van der Waals surface area contributed by atoms with Crippen molar-refractivity contribution in [1.82, 2.24) is 4.98 Å². The Hall–Kier alpha value is -1.90. The van der Waals surface area contributed by atoms with Crippen molar-refractivity contribution < 1.29 is 17.6 Å². The average Bonchev–Trinajstić information content (AvgIpc) is 2.74. The summed E-state index contributed by atoms with van der Waals surface area (Å²) in [6.45, 7) is 0. The Morgan fingerprint density at radius 1 is 1.35 bits per heavy atom. The molecule has 0 aliphatic heterocycles. The van der Waals surface area contributed by atoms with Gasteiger partial charge in [-0.1, -0.05) is 11.6 Å². The third-order valence-corrected chi connectivity index (χ3v) is 3.58. The lowest BCUT2D eigenvalue weighted by Gasteiger charge is -2.09. The summed E-state index contributed by atoms with van der Waals surface area (Å²) in [6, 6.07) is 4.11. The molecule has 1 aromatic carbocycles. The quantitative estimate of drug-likeness (QED) is 0.802. The highest BCUT2D eigenvalue weighted by Gasteiger charge is 2.18. The van der Waals surface area contributed by atoms with E-state index < -0.39 is 21.7 Å². The van der Waals surface area contributed by atoms with Gasteiger partial charge in [-0.05, 0) is 24.3 Å². The SMILES string of the molecule is NS(=O)(=O)c1ccc(F)cc1NC(=O)c1cc(Cl)c[nH]1. The van der Waals surface area contributed by atoms with Gasteiger partial charge in [-0.3, -0.25) is 4.79 Å². The number of hydrogen-bond acceptors (Lipinski definition) is 3. The van der Waals surface area contributed by atoms with Gasteiger partial charge in [0.1, 0.15) is 16.4 Å². The first-order valence-electron chi connectivity index (χ1n) is 5.25. The second-order valence-corrected chi connectivity index (χ2v) is 5.84. The van der Waals surface area contributed by atoms with Crippen LogP contribution >= 0.6 is 11.6 Å². The molecule has 0 aliphatic carbocycles.